The molecule has 0 radical (unpaired) electrons. The Morgan fingerprint density at radius 3 is 2.57 bits per heavy atom. The quantitative estimate of drug-likeness (QED) is 0.688. The van der Waals surface area contributed by atoms with Crippen LogP contribution in [0.3, 0.4) is 0 Å². The number of nitrogens with zero attached hydrogens (tertiary/aromatic N) is 1. The molecule has 2 nitrogen and oxygen atoms in total. The zero-order chi connectivity index (χ0) is 10.2. The molecule has 3 heteroatoms. The highest BCUT2D eigenvalue weighted by molar-refractivity contribution is 7.99. The van der Waals surface area contributed by atoms with Crippen LogP contribution in [-0.4, -0.2) is 42.1 Å². The first-order valence-corrected chi connectivity index (χ1v) is 7.00. The maximum absolute atomic E-state index is 5.69. The molecule has 0 amide bonds. The van der Waals surface area contributed by atoms with E-state index in [1.54, 1.807) is 0 Å². The van der Waals surface area contributed by atoms with Gasteiger partial charge in [-0.05, 0) is 45.0 Å². The molecule has 1 atom stereocenters. The summed E-state index contributed by atoms with van der Waals surface area (Å²) in [6.45, 7) is 6.02. The Morgan fingerprint density at radius 1 is 1.21 bits per heavy atom. The lowest BCUT2D eigenvalue weighted by Crippen LogP contribution is -2.31. The molecule has 14 heavy (non-hydrogen) atoms. The average molecular weight is 216 g/mol. The minimum atomic E-state index is 0.373. The van der Waals surface area contributed by atoms with Crippen molar-refractivity contribution >= 4 is 11.8 Å². The molecule has 0 aromatic carbocycles. The molecular weight excluding hydrogens is 192 g/mol. The third-order valence-corrected chi connectivity index (χ3v) is 3.71. The highest BCUT2D eigenvalue weighted by Crippen LogP contribution is 2.10. The second-order valence-electron chi connectivity index (χ2n) is 4.28. The van der Waals surface area contributed by atoms with Gasteiger partial charge in [0.2, 0.25) is 0 Å². The van der Waals surface area contributed by atoms with Crippen molar-refractivity contribution in [1.82, 2.24) is 4.90 Å². The average Bonchev–Trinajstić information content (AvgIpc) is 2.18. The molecular formula is C11H24N2S. The van der Waals surface area contributed by atoms with E-state index in [0.717, 1.165) is 6.42 Å². The lowest BCUT2D eigenvalue weighted by Gasteiger charge is -2.26. The van der Waals surface area contributed by atoms with Gasteiger partial charge in [0, 0.05) is 18.3 Å². The van der Waals surface area contributed by atoms with Gasteiger partial charge < -0.3 is 10.6 Å². The van der Waals surface area contributed by atoms with Crippen LogP contribution in [0.1, 0.15) is 32.6 Å². The maximum Gasteiger partial charge on any atom is 0.00723 e. The molecule has 1 heterocycles. The van der Waals surface area contributed by atoms with Crippen molar-refractivity contribution in [2.24, 2.45) is 5.73 Å². The maximum atomic E-state index is 5.69. The monoisotopic (exact) mass is 216 g/mol. The summed E-state index contributed by atoms with van der Waals surface area (Å²) in [6.07, 6.45) is 5.41. The van der Waals surface area contributed by atoms with Gasteiger partial charge in [-0.3, -0.25) is 0 Å². The van der Waals surface area contributed by atoms with Crippen molar-refractivity contribution in [1.29, 1.82) is 0 Å². The van der Waals surface area contributed by atoms with E-state index in [1.165, 1.54) is 50.4 Å². The third kappa shape index (κ3) is 5.89. The predicted molar refractivity (Wildman–Crippen MR) is 65.9 cm³/mol. The van der Waals surface area contributed by atoms with Crippen LogP contribution in [0.25, 0.3) is 0 Å². The number of likely N-dealkylation sites (tertiary alicyclic amines) is 1. The first-order chi connectivity index (χ1) is 6.79. The Labute approximate surface area is 92.6 Å². The summed E-state index contributed by atoms with van der Waals surface area (Å²) in [6, 6.07) is 0.373. The van der Waals surface area contributed by atoms with Crippen LogP contribution >= 0.6 is 11.8 Å². The van der Waals surface area contributed by atoms with Gasteiger partial charge in [-0.2, -0.15) is 11.8 Å². The topological polar surface area (TPSA) is 29.3 Å². The number of rotatable bonds is 6. The standard InChI is InChI=1S/C11H24N2S/c1-11(12)5-9-14-10-8-13-6-3-2-4-7-13/h11H,2-10,12H2,1H3. The van der Waals surface area contributed by atoms with E-state index >= 15 is 0 Å². The fraction of sp³-hybridized carbons (Fsp3) is 1.00. The lowest BCUT2D eigenvalue weighted by molar-refractivity contribution is 0.242. The number of nitrogens with two attached hydrogens (primary N) is 1. The van der Waals surface area contributed by atoms with Crippen LogP contribution in [0, 0.1) is 0 Å². The third-order valence-electron chi connectivity index (χ3n) is 2.72. The molecule has 0 aromatic heterocycles. The molecule has 0 spiro atoms. The van der Waals surface area contributed by atoms with E-state index in [-0.39, 0.29) is 0 Å². The molecule has 1 aliphatic rings. The fourth-order valence-electron chi connectivity index (χ4n) is 1.75. The molecule has 0 aromatic rings. The number of piperidine rings is 1. The van der Waals surface area contributed by atoms with Crippen LogP contribution in [0.2, 0.25) is 0 Å². The Balaban J connectivity index is 1.87. The van der Waals surface area contributed by atoms with E-state index < -0.39 is 0 Å². The smallest absolute Gasteiger partial charge is 0.00723 e. The summed E-state index contributed by atoms with van der Waals surface area (Å²) >= 11 is 2.05. The first-order valence-electron chi connectivity index (χ1n) is 5.84. The minimum absolute atomic E-state index is 0.373. The Kier molecular flexibility index (Phi) is 6.65. The molecule has 1 aliphatic heterocycles. The minimum Gasteiger partial charge on any atom is -0.328 e. The molecule has 84 valence electrons. The van der Waals surface area contributed by atoms with E-state index in [9.17, 15) is 0 Å². The molecule has 0 aliphatic carbocycles. The van der Waals surface area contributed by atoms with Gasteiger partial charge in [0.25, 0.3) is 0 Å². The summed E-state index contributed by atoms with van der Waals surface area (Å²) in [5, 5.41) is 0. The highest BCUT2D eigenvalue weighted by Gasteiger charge is 2.08. The number of hydrogen-bond donors (Lipinski definition) is 1. The Hall–Kier alpha value is 0.270. The molecule has 2 N–H and O–H groups in total. The Morgan fingerprint density at radius 2 is 1.93 bits per heavy atom. The van der Waals surface area contributed by atoms with Gasteiger partial charge in [-0.15, -0.1) is 0 Å². The molecule has 1 fully saturated rings. The fourth-order valence-corrected chi connectivity index (χ4v) is 2.88. The van der Waals surface area contributed by atoms with E-state index in [1.807, 2.05) is 0 Å². The summed E-state index contributed by atoms with van der Waals surface area (Å²) in [5.74, 6) is 2.51. The second kappa shape index (κ2) is 7.55. The van der Waals surface area contributed by atoms with Gasteiger partial charge >= 0.3 is 0 Å². The SMILES string of the molecule is CC(N)CCSCCN1CCCCC1. The molecule has 1 saturated heterocycles. The zero-order valence-electron chi connectivity index (χ0n) is 9.37. The first kappa shape index (κ1) is 12.3. The summed E-state index contributed by atoms with van der Waals surface area (Å²) in [4.78, 5) is 2.60. The van der Waals surface area contributed by atoms with Crippen molar-refractivity contribution in [3.63, 3.8) is 0 Å². The number of hydrogen-bond acceptors (Lipinski definition) is 3. The predicted octanol–water partition coefficient (Wildman–Crippen LogP) is 1.94. The van der Waals surface area contributed by atoms with Gasteiger partial charge in [-0.25, -0.2) is 0 Å². The largest absolute Gasteiger partial charge is 0.328 e. The summed E-state index contributed by atoms with van der Waals surface area (Å²) < 4.78 is 0. The Bertz CT molecular complexity index is 133. The normalized spacial score (nSPS) is 21.0. The van der Waals surface area contributed by atoms with E-state index in [0.29, 0.717) is 6.04 Å². The van der Waals surface area contributed by atoms with Crippen molar-refractivity contribution in [2.45, 2.75) is 38.6 Å². The molecule has 1 unspecified atom stereocenters. The van der Waals surface area contributed by atoms with Crippen molar-refractivity contribution in [3.05, 3.63) is 0 Å². The van der Waals surface area contributed by atoms with Crippen LogP contribution in [0.5, 0.6) is 0 Å². The van der Waals surface area contributed by atoms with Gasteiger partial charge in [0.15, 0.2) is 0 Å². The lowest BCUT2D eigenvalue weighted by atomic mass is 10.1. The van der Waals surface area contributed by atoms with Gasteiger partial charge in [0.1, 0.15) is 0 Å². The van der Waals surface area contributed by atoms with E-state index in [4.69, 9.17) is 5.73 Å². The van der Waals surface area contributed by atoms with Crippen molar-refractivity contribution in [2.75, 3.05) is 31.1 Å². The van der Waals surface area contributed by atoms with Crippen LogP contribution in [-0.2, 0) is 0 Å². The molecule has 0 saturated carbocycles. The van der Waals surface area contributed by atoms with Crippen LogP contribution in [0.15, 0.2) is 0 Å². The van der Waals surface area contributed by atoms with Gasteiger partial charge in [0.05, 0.1) is 0 Å². The van der Waals surface area contributed by atoms with Crippen LogP contribution in [0.4, 0.5) is 0 Å². The summed E-state index contributed by atoms with van der Waals surface area (Å²) in [5.41, 5.74) is 5.69. The van der Waals surface area contributed by atoms with Crippen LogP contribution < -0.4 is 5.73 Å². The summed E-state index contributed by atoms with van der Waals surface area (Å²) in [7, 11) is 0. The van der Waals surface area contributed by atoms with Crippen molar-refractivity contribution < 1.29 is 0 Å². The second-order valence-corrected chi connectivity index (χ2v) is 5.51. The zero-order valence-corrected chi connectivity index (χ0v) is 10.2. The van der Waals surface area contributed by atoms with E-state index in [2.05, 4.69) is 23.6 Å². The molecule has 0 bridgehead atoms. The highest BCUT2D eigenvalue weighted by atomic mass is 32.2. The molecule has 1 rings (SSSR count). The van der Waals surface area contributed by atoms with Crippen molar-refractivity contribution in [3.8, 4) is 0 Å². The number of thioether (sulfide) groups is 1. The van der Waals surface area contributed by atoms with Gasteiger partial charge in [-0.1, -0.05) is 6.42 Å².